The van der Waals surface area contributed by atoms with Gasteiger partial charge in [0.15, 0.2) is 5.69 Å². The van der Waals surface area contributed by atoms with Crippen LogP contribution in [0.2, 0.25) is 0 Å². The van der Waals surface area contributed by atoms with E-state index in [9.17, 15) is 4.79 Å². The maximum absolute atomic E-state index is 11.5. The van der Waals surface area contributed by atoms with Crippen molar-refractivity contribution in [1.82, 2.24) is 20.3 Å². The molecule has 0 bridgehead atoms. The lowest BCUT2D eigenvalue weighted by molar-refractivity contribution is 0.0996. The fourth-order valence-corrected chi connectivity index (χ4v) is 2.46. The van der Waals surface area contributed by atoms with E-state index < -0.39 is 5.91 Å². The summed E-state index contributed by atoms with van der Waals surface area (Å²) >= 11 is 0. The highest BCUT2D eigenvalue weighted by atomic mass is 16.5. The molecule has 0 fully saturated rings. The highest BCUT2D eigenvalue weighted by molar-refractivity contribution is 5.96. The molecule has 2 aromatic rings. The first-order chi connectivity index (χ1) is 11.6. The molecular formula is C17H21N5O2. The van der Waals surface area contributed by atoms with Crippen LogP contribution in [0, 0.1) is 0 Å². The number of methoxy groups -OCH3 is 1. The Morgan fingerprint density at radius 3 is 2.62 bits per heavy atom. The Kier molecular flexibility index (Phi) is 5.86. The lowest BCUT2D eigenvalue weighted by Crippen LogP contribution is -2.23. The molecule has 1 amide bonds. The largest absolute Gasteiger partial charge is 0.496 e. The van der Waals surface area contributed by atoms with Gasteiger partial charge in [0.05, 0.1) is 7.11 Å². The van der Waals surface area contributed by atoms with Crippen LogP contribution in [0.25, 0.3) is 11.3 Å². The Balaban J connectivity index is 2.39. The molecule has 2 rings (SSSR count). The van der Waals surface area contributed by atoms with Gasteiger partial charge in [-0.2, -0.15) is 15.4 Å². The Hall–Kier alpha value is -2.93. The zero-order valence-electron chi connectivity index (χ0n) is 13.7. The third-order valence-electron chi connectivity index (χ3n) is 3.50. The fourth-order valence-electron chi connectivity index (χ4n) is 2.46. The average molecular weight is 327 g/mol. The smallest absolute Gasteiger partial charge is 0.271 e. The summed E-state index contributed by atoms with van der Waals surface area (Å²) in [6.07, 6.45) is 3.67. The average Bonchev–Trinajstić information content (AvgIpc) is 3.05. The molecule has 0 saturated heterocycles. The Labute approximate surface area is 140 Å². The normalized spacial score (nSPS) is 10.6. The van der Waals surface area contributed by atoms with Gasteiger partial charge in [0.25, 0.3) is 5.91 Å². The van der Waals surface area contributed by atoms with Crippen LogP contribution in [0.3, 0.4) is 0 Å². The van der Waals surface area contributed by atoms with Gasteiger partial charge in [-0.3, -0.25) is 9.69 Å². The van der Waals surface area contributed by atoms with Crippen molar-refractivity contribution in [2.24, 2.45) is 5.73 Å². The van der Waals surface area contributed by atoms with Crippen molar-refractivity contribution < 1.29 is 9.53 Å². The van der Waals surface area contributed by atoms with Gasteiger partial charge in [-0.25, -0.2) is 0 Å². The first kappa shape index (κ1) is 17.4. The molecule has 0 aliphatic rings. The number of H-pyrrole nitrogens is 1. The highest BCUT2D eigenvalue weighted by Gasteiger charge is 2.17. The fraction of sp³-hybridized carbons (Fsp3) is 0.235. The van der Waals surface area contributed by atoms with E-state index in [1.54, 1.807) is 7.11 Å². The number of rotatable bonds is 9. The van der Waals surface area contributed by atoms with Crippen molar-refractivity contribution >= 4 is 5.91 Å². The summed E-state index contributed by atoms with van der Waals surface area (Å²) in [6.45, 7) is 9.62. The number of ether oxygens (including phenoxy) is 1. The number of nitrogens with one attached hydrogen (secondary N) is 1. The van der Waals surface area contributed by atoms with Crippen LogP contribution in [0.5, 0.6) is 5.75 Å². The van der Waals surface area contributed by atoms with E-state index in [0.29, 0.717) is 12.2 Å². The molecule has 7 nitrogen and oxygen atoms in total. The van der Waals surface area contributed by atoms with E-state index in [1.165, 1.54) is 0 Å². The summed E-state index contributed by atoms with van der Waals surface area (Å²) in [4.78, 5) is 13.6. The predicted octanol–water partition coefficient (Wildman–Crippen LogP) is 1.75. The number of nitrogens with two attached hydrogens (primary N) is 1. The standard InChI is InChI=1S/C17H21N5O2/c1-4-8-22(9-5-2)11-13-10-12(6-7-14(13)24-3)15-16(17(18)23)20-21-19-15/h4-7,10H,1-2,8-9,11H2,3H3,(H2,18,23)(H,19,20,21). The van der Waals surface area contributed by atoms with Gasteiger partial charge >= 0.3 is 0 Å². The molecule has 7 heteroatoms. The summed E-state index contributed by atoms with van der Waals surface area (Å²) in [5.74, 6) is 0.122. The number of carbonyl (C=O) groups is 1. The number of nitrogens with zero attached hydrogens (tertiary/aromatic N) is 3. The molecule has 1 heterocycles. The van der Waals surface area contributed by atoms with E-state index in [0.717, 1.165) is 30.0 Å². The zero-order valence-corrected chi connectivity index (χ0v) is 13.7. The molecule has 0 spiro atoms. The van der Waals surface area contributed by atoms with Crippen LogP contribution >= 0.6 is 0 Å². The van der Waals surface area contributed by atoms with Crippen LogP contribution in [-0.2, 0) is 6.54 Å². The summed E-state index contributed by atoms with van der Waals surface area (Å²) in [5, 5.41) is 10.3. The highest BCUT2D eigenvalue weighted by Crippen LogP contribution is 2.27. The monoisotopic (exact) mass is 327 g/mol. The minimum absolute atomic E-state index is 0.111. The van der Waals surface area contributed by atoms with Gasteiger partial charge in [0.1, 0.15) is 11.4 Å². The van der Waals surface area contributed by atoms with Crippen molar-refractivity contribution in [3.8, 4) is 17.0 Å². The third-order valence-corrected chi connectivity index (χ3v) is 3.50. The minimum atomic E-state index is -0.629. The topological polar surface area (TPSA) is 97.1 Å². The molecule has 0 aliphatic carbocycles. The summed E-state index contributed by atoms with van der Waals surface area (Å²) in [5.41, 5.74) is 7.56. The van der Waals surface area contributed by atoms with Crippen molar-refractivity contribution in [3.63, 3.8) is 0 Å². The van der Waals surface area contributed by atoms with E-state index in [1.807, 2.05) is 30.4 Å². The van der Waals surface area contributed by atoms with E-state index in [4.69, 9.17) is 10.5 Å². The zero-order chi connectivity index (χ0) is 17.5. The van der Waals surface area contributed by atoms with Crippen LogP contribution in [0.1, 0.15) is 16.1 Å². The van der Waals surface area contributed by atoms with Gasteiger partial charge in [-0.05, 0) is 18.2 Å². The van der Waals surface area contributed by atoms with Crippen LogP contribution < -0.4 is 10.5 Å². The summed E-state index contributed by atoms with van der Waals surface area (Å²) in [7, 11) is 1.62. The molecule has 24 heavy (non-hydrogen) atoms. The second-order valence-corrected chi connectivity index (χ2v) is 5.18. The molecule has 126 valence electrons. The molecule has 0 saturated carbocycles. The SMILES string of the molecule is C=CCN(CC=C)Cc1cc(-c2n[nH]nc2C(N)=O)ccc1OC. The van der Waals surface area contributed by atoms with Crippen LogP contribution in [0.15, 0.2) is 43.5 Å². The van der Waals surface area contributed by atoms with E-state index >= 15 is 0 Å². The molecule has 0 aliphatic heterocycles. The van der Waals surface area contributed by atoms with Gasteiger partial charge in [0, 0.05) is 30.8 Å². The van der Waals surface area contributed by atoms with Crippen molar-refractivity contribution in [1.29, 1.82) is 0 Å². The number of primary amides is 1. The van der Waals surface area contributed by atoms with Crippen LogP contribution in [-0.4, -0.2) is 46.4 Å². The van der Waals surface area contributed by atoms with Gasteiger partial charge in [0.2, 0.25) is 0 Å². The van der Waals surface area contributed by atoms with Gasteiger partial charge in [-0.15, -0.1) is 13.2 Å². The first-order valence-electron chi connectivity index (χ1n) is 7.42. The second-order valence-electron chi connectivity index (χ2n) is 5.18. The summed E-state index contributed by atoms with van der Waals surface area (Å²) in [6, 6.07) is 5.57. The Bertz CT molecular complexity index is 728. The second kappa shape index (κ2) is 8.07. The van der Waals surface area contributed by atoms with Crippen molar-refractivity contribution in [3.05, 3.63) is 54.8 Å². The lowest BCUT2D eigenvalue weighted by atomic mass is 10.0. The number of benzene rings is 1. The number of hydrogen-bond acceptors (Lipinski definition) is 5. The molecule has 3 N–H and O–H groups in total. The number of carbonyl (C=O) groups excluding carboxylic acids is 1. The molecule has 0 unspecified atom stereocenters. The predicted molar refractivity (Wildman–Crippen MR) is 92.6 cm³/mol. The van der Waals surface area contributed by atoms with E-state index in [2.05, 4.69) is 33.5 Å². The first-order valence-corrected chi connectivity index (χ1v) is 7.42. The number of aromatic amines is 1. The quantitative estimate of drug-likeness (QED) is 0.684. The van der Waals surface area contributed by atoms with Gasteiger partial charge < -0.3 is 10.5 Å². The van der Waals surface area contributed by atoms with Gasteiger partial charge in [-0.1, -0.05) is 12.2 Å². The molecule has 1 aromatic carbocycles. The van der Waals surface area contributed by atoms with Crippen molar-refractivity contribution in [2.75, 3.05) is 20.2 Å². The third kappa shape index (κ3) is 3.88. The number of aromatic nitrogens is 3. The van der Waals surface area contributed by atoms with E-state index in [-0.39, 0.29) is 5.69 Å². The maximum Gasteiger partial charge on any atom is 0.271 e. The Morgan fingerprint density at radius 2 is 2.04 bits per heavy atom. The Morgan fingerprint density at radius 1 is 1.33 bits per heavy atom. The van der Waals surface area contributed by atoms with Crippen LogP contribution in [0.4, 0.5) is 0 Å². The minimum Gasteiger partial charge on any atom is -0.496 e. The number of amides is 1. The number of hydrogen-bond donors (Lipinski definition) is 2. The lowest BCUT2D eigenvalue weighted by Gasteiger charge is -2.20. The molecule has 0 atom stereocenters. The molecular weight excluding hydrogens is 306 g/mol. The van der Waals surface area contributed by atoms with Crippen molar-refractivity contribution in [2.45, 2.75) is 6.54 Å². The maximum atomic E-state index is 11.5. The summed E-state index contributed by atoms with van der Waals surface area (Å²) < 4.78 is 5.44. The molecule has 0 radical (unpaired) electrons. The molecule has 1 aromatic heterocycles.